The lowest BCUT2D eigenvalue weighted by Crippen LogP contribution is -2.32. The Labute approximate surface area is 98.2 Å². The van der Waals surface area contributed by atoms with Gasteiger partial charge in [-0.2, -0.15) is 0 Å². The molecule has 0 bridgehead atoms. The lowest BCUT2D eigenvalue weighted by molar-refractivity contribution is 0.0775. The molecule has 1 amide bonds. The van der Waals surface area contributed by atoms with Crippen LogP contribution >= 0.6 is 0 Å². The van der Waals surface area contributed by atoms with Gasteiger partial charge in [-0.05, 0) is 19.1 Å². The van der Waals surface area contributed by atoms with Gasteiger partial charge in [0, 0.05) is 6.54 Å². The van der Waals surface area contributed by atoms with Crippen molar-refractivity contribution in [3.63, 3.8) is 0 Å². The first-order valence-corrected chi connectivity index (χ1v) is 4.99. The van der Waals surface area contributed by atoms with Gasteiger partial charge >= 0.3 is 0 Å². The maximum Gasteiger partial charge on any atom is 0.260 e. The Kier molecular flexibility index (Phi) is 4.05. The van der Waals surface area contributed by atoms with Crippen molar-refractivity contribution < 1.29 is 13.6 Å². The lowest BCUT2D eigenvalue weighted by atomic mass is 10.1. The summed E-state index contributed by atoms with van der Waals surface area (Å²) in [5.41, 5.74) is 4.35. The van der Waals surface area contributed by atoms with Crippen LogP contribution in [0.25, 0.3) is 0 Å². The molecule has 2 N–H and O–H groups in total. The molecule has 5 heteroatoms. The molecule has 0 aliphatic rings. The number of nitrogen functional groups attached to an aromatic ring is 1. The highest BCUT2D eigenvalue weighted by Crippen LogP contribution is 2.20. The minimum absolute atomic E-state index is 0.0109. The van der Waals surface area contributed by atoms with Crippen LogP contribution in [0.5, 0.6) is 0 Å². The number of benzene rings is 1. The number of terminal acetylenes is 1. The van der Waals surface area contributed by atoms with Crippen molar-refractivity contribution in [2.45, 2.75) is 6.92 Å². The largest absolute Gasteiger partial charge is 0.396 e. The zero-order chi connectivity index (χ0) is 13.0. The Hall–Kier alpha value is -2.09. The Bertz CT molecular complexity index is 480. The van der Waals surface area contributed by atoms with E-state index in [4.69, 9.17) is 12.2 Å². The molecule has 0 aliphatic carbocycles. The third-order valence-electron chi connectivity index (χ3n) is 2.29. The molecule has 0 radical (unpaired) electrons. The van der Waals surface area contributed by atoms with Crippen LogP contribution in [0.4, 0.5) is 14.5 Å². The van der Waals surface area contributed by atoms with Gasteiger partial charge in [0.05, 0.1) is 12.2 Å². The van der Waals surface area contributed by atoms with Crippen LogP contribution in [0.2, 0.25) is 0 Å². The normalized spacial score (nSPS) is 9.76. The lowest BCUT2D eigenvalue weighted by Gasteiger charge is -2.18. The topological polar surface area (TPSA) is 46.3 Å². The van der Waals surface area contributed by atoms with Crippen LogP contribution in [-0.4, -0.2) is 23.9 Å². The molecule has 0 fully saturated rings. The summed E-state index contributed by atoms with van der Waals surface area (Å²) < 4.78 is 27.0. The molecular formula is C12H12F2N2O. The van der Waals surface area contributed by atoms with Crippen molar-refractivity contribution in [3.8, 4) is 12.3 Å². The number of hydrogen-bond acceptors (Lipinski definition) is 2. The average Bonchev–Trinajstić information content (AvgIpc) is 2.31. The molecule has 0 aliphatic heterocycles. The second kappa shape index (κ2) is 5.30. The summed E-state index contributed by atoms with van der Waals surface area (Å²) >= 11 is 0. The molecule has 0 spiro atoms. The predicted molar refractivity (Wildman–Crippen MR) is 61.2 cm³/mol. The van der Waals surface area contributed by atoms with E-state index in [1.54, 1.807) is 6.92 Å². The molecule has 17 heavy (non-hydrogen) atoms. The van der Waals surface area contributed by atoms with E-state index in [1.165, 1.54) is 0 Å². The van der Waals surface area contributed by atoms with Crippen molar-refractivity contribution in [1.29, 1.82) is 0 Å². The molecule has 1 rings (SSSR count). The summed E-state index contributed by atoms with van der Waals surface area (Å²) in [5, 5.41) is 0. The minimum atomic E-state index is -1.05. The third-order valence-corrected chi connectivity index (χ3v) is 2.29. The number of halogens is 2. The monoisotopic (exact) mass is 238 g/mol. The van der Waals surface area contributed by atoms with E-state index in [0.717, 1.165) is 17.0 Å². The Morgan fingerprint density at radius 1 is 1.53 bits per heavy atom. The highest BCUT2D eigenvalue weighted by atomic mass is 19.1. The molecule has 1 aromatic rings. The SMILES string of the molecule is C#CCN(CC)C(=O)c1c(F)ccc(N)c1F. The van der Waals surface area contributed by atoms with Gasteiger partial charge in [-0.15, -0.1) is 6.42 Å². The minimum Gasteiger partial charge on any atom is -0.396 e. The number of nitrogens with two attached hydrogens (primary N) is 1. The maximum absolute atomic E-state index is 13.6. The van der Waals surface area contributed by atoms with Gasteiger partial charge in [0.25, 0.3) is 5.91 Å². The molecule has 0 unspecified atom stereocenters. The van der Waals surface area contributed by atoms with Crippen LogP contribution in [0.3, 0.4) is 0 Å². The summed E-state index contributed by atoms with van der Waals surface area (Å²) in [5.74, 6) is -0.544. The fourth-order valence-electron chi connectivity index (χ4n) is 1.36. The number of nitrogens with zero attached hydrogens (tertiary/aromatic N) is 1. The van der Waals surface area contributed by atoms with Crippen molar-refractivity contribution in [1.82, 2.24) is 4.90 Å². The molecule has 0 heterocycles. The molecule has 0 atom stereocenters. The van der Waals surface area contributed by atoms with E-state index >= 15 is 0 Å². The standard InChI is InChI=1S/C12H12F2N2O/c1-3-7-16(4-2)12(17)10-8(13)5-6-9(15)11(10)14/h1,5-6H,4,7,15H2,2H3. The Morgan fingerprint density at radius 3 is 2.71 bits per heavy atom. The number of amides is 1. The molecule has 0 aromatic heterocycles. The van der Waals surface area contributed by atoms with Gasteiger partial charge in [-0.25, -0.2) is 8.78 Å². The fourth-order valence-corrected chi connectivity index (χ4v) is 1.36. The van der Waals surface area contributed by atoms with Crippen molar-refractivity contribution in [2.24, 2.45) is 0 Å². The van der Waals surface area contributed by atoms with Crippen LogP contribution in [0.1, 0.15) is 17.3 Å². The highest BCUT2D eigenvalue weighted by molar-refractivity contribution is 5.95. The number of rotatable bonds is 3. The first-order valence-electron chi connectivity index (χ1n) is 4.99. The number of hydrogen-bond donors (Lipinski definition) is 1. The van der Waals surface area contributed by atoms with Gasteiger partial charge in [-0.1, -0.05) is 5.92 Å². The number of carbonyl (C=O) groups is 1. The summed E-state index contributed by atoms with van der Waals surface area (Å²) in [6, 6.07) is 2.02. The summed E-state index contributed by atoms with van der Waals surface area (Å²) in [7, 11) is 0. The first-order chi connectivity index (χ1) is 8.02. The molecule has 90 valence electrons. The first kappa shape index (κ1) is 13.0. The molecule has 3 nitrogen and oxygen atoms in total. The van der Waals surface area contributed by atoms with Gasteiger partial charge in [0.1, 0.15) is 11.4 Å². The average molecular weight is 238 g/mol. The fraction of sp³-hybridized carbons (Fsp3) is 0.250. The van der Waals surface area contributed by atoms with Gasteiger partial charge in [0.2, 0.25) is 0 Å². The number of anilines is 1. The molecular weight excluding hydrogens is 226 g/mol. The predicted octanol–water partition coefficient (Wildman–Crippen LogP) is 1.64. The Morgan fingerprint density at radius 2 is 2.18 bits per heavy atom. The highest BCUT2D eigenvalue weighted by Gasteiger charge is 2.23. The summed E-state index contributed by atoms with van der Waals surface area (Å²) in [4.78, 5) is 13.0. The van der Waals surface area contributed by atoms with E-state index in [9.17, 15) is 13.6 Å². The summed E-state index contributed by atoms with van der Waals surface area (Å²) in [6.45, 7) is 1.91. The second-order valence-corrected chi connectivity index (χ2v) is 3.35. The maximum atomic E-state index is 13.6. The van der Waals surface area contributed by atoms with E-state index in [-0.39, 0.29) is 18.8 Å². The second-order valence-electron chi connectivity index (χ2n) is 3.35. The zero-order valence-electron chi connectivity index (χ0n) is 9.34. The zero-order valence-corrected chi connectivity index (χ0v) is 9.34. The van der Waals surface area contributed by atoms with Crippen molar-refractivity contribution >= 4 is 11.6 Å². The third kappa shape index (κ3) is 2.53. The van der Waals surface area contributed by atoms with Crippen LogP contribution in [-0.2, 0) is 0 Å². The summed E-state index contributed by atoms with van der Waals surface area (Å²) in [6.07, 6.45) is 5.07. The van der Waals surface area contributed by atoms with E-state index < -0.39 is 23.1 Å². The molecule has 0 saturated heterocycles. The van der Waals surface area contributed by atoms with E-state index in [2.05, 4.69) is 5.92 Å². The molecule has 0 saturated carbocycles. The van der Waals surface area contributed by atoms with Gasteiger partial charge in [0.15, 0.2) is 5.82 Å². The molecule has 1 aromatic carbocycles. The van der Waals surface area contributed by atoms with Crippen LogP contribution < -0.4 is 5.73 Å². The van der Waals surface area contributed by atoms with Crippen molar-refractivity contribution in [2.75, 3.05) is 18.8 Å². The van der Waals surface area contributed by atoms with Gasteiger partial charge < -0.3 is 10.6 Å². The van der Waals surface area contributed by atoms with Crippen LogP contribution in [0.15, 0.2) is 12.1 Å². The number of carbonyl (C=O) groups excluding carboxylic acids is 1. The van der Waals surface area contributed by atoms with E-state index in [1.807, 2.05) is 0 Å². The van der Waals surface area contributed by atoms with Crippen molar-refractivity contribution in [3.05, 3.63) is 29.3 Å². The van der Waals surface area contributed by atoms with Gasteiger partial charge in [-0.3, -0.25) is 4.79 Å². The quantitative estimate of drug-likeness (QED) is 0.642. The van der Waals surface area contributed by atoms with Crippen LogP contribution in [0, 0.1) is 24.0 Å². The van der Waals surface area contributed by atoms with E-state index in [0.29, 0.717) is 0 Å². The smallest absolute Gasteiger partial charge is 0.260 e. The Balaban J connectivity index is 3.20.